The molecule has 8 heteroatoms. The van der Waals surface area contributed by atoms with Crippen LogP contribution in [-0.2, 0) is 11.3 Å². The van der Waals surface area contributed by atoms with Crippen molar-refractivity contribution in [1.29, 1.82) is 0 Å². The predicted octanol–water partition coefficient (Wildman–Crippen LogP) is 2.54. The molecule has 0 spiro atoms. The Morgan fingerprint density at radius 2 is 2.00 bits per heavy atom. The highest BCUT2D eigenvalue weighted by atomic mass is 16.7. The smallest absolute Gasteiger partial charge is 0.274 e. The van der Waals surface area contributed by atoms with Crippen LogP contribution >= 0.6 is 0 Å². The number of benzene rings is 1. The third-order valence-corrected chi connectivity index (χ3v) is 4.64. The van der Waals surface area contributed by atoms with E-state index in [0.717, 1.165) is 24.8 Å². The number of hydrogen-bond donors (Lipinski definition) is 1. The Hall–Kier alpha value is -3.16. The van der Waals surface area contributed by atoms with Crippen LogP contribution in [0.2, 0.25) is 0 Å². The summed E-state index contributed by atoms with van der Waals surface area (Å²) in [6.45, 7) is 3.66. The van der Waals surface area contributed by atoms with Gasteiger partial charge in [-0.3, -0.25) is 14.6 Å². The van der Waals surface area contributed by atoms with Gasteiger partial charge < -0.3 is 19.7 Å². The molecule has 8 nitrogen and oxygen atoms in total. The molecule has 1 aliphatic rings. The molecule has 2 aromatic rings. The second-order valence-electron chi connectivity index (χ2n) is 6.80. The Balaban J connectivity index is 1.51. The van der Waals surface area contributed by atoms with Crippen LogP contribution in [0.4, 0.5) is 0 Å². The number of hydrogen-bond acceptors (Lipinski definition) is 6. The summed E-state index contributed by atoms with van der Waals surface area (Å²) < 4.78 is 10.6. The first-order valence-corrected chi connectivity index (χ1v) is 9.88. The van der Waals surface area contributed by atoms with Crippen molar-refractivity contribution < 1.29 is 19.1 Å². The molecule has 154 valence electrons. The zero-order valence-corrected chi connectivity index (χ0v) is 16.6. The topological polar surface area (TPSA) is 93.7 Å². The van der Waals surface area contributed by atoms with E-state index in [1.807, 2.05) is 18.2 Å². The zero-order valence-electron chi connectivity index (χ0n) is 16.6. The Kier molecular flexibility index (Phi) is 7.38. The molecule has 3 rings (SSSR count). The number of nitrogens with zero attached hydrogens (tertiary/aromatic N) is 3. The molecule has 29 heavy (non-hydrogen) atoms. The van der Waals surface area contributed by atoms with E-state index in [9.17, 15) is 9.59 Å². The number of ether oxygens (including phenoxy) is 2. The van der Waals surface area contributed by atoms with Crippen LogP contribution in [0.15, 0.2) is 36.8 Å². The minimum atomic E-state index is -0.197. The molecule has 0 fully saturated rings. The molecule has 0 atom stereocenters. The Bertz CT molecular complexity index is 829. The highest BCUT2D eigenvalue weighted by Gasteiger charge is 2.18. The Morgan fingerprint density at radius 3 is 2.79 bits per heavy atom. The van der Waals surface area contributed by atoms with Crippen LogP contribution in [0.5, 0.6) is 11.5 Å². The average Bonchev–Trinajstić information content (AvgIpc) is 3.22. The van der Waals surface area contributed by atoms with E-state index in [1.165, 1.54) is 18.6 Å². The maximum Gasteiger partial charge on any atom is 0.274 e. The fourth-order valence-corrected chi connectivity index (χ4v) is 3.02. The van der Waals surface area contributed by atoms with Gasteiger partial charge in [0, 0.05) is 38.4 Å². The number of nitrogens with one attached hydrogen (secondary N) is 1. The van der Waals surface area contributed by atoms with Crippen molar-refractivity contribution in [2.75, 3.05) is 19.9 Å². The van der Waals surface area contributed by atoms with Crippen molar-refractivity contribution in [2.24, 2.45) is 0 Å². The third kappa shape index (κ3) is 5.91. The molecular formula is C21H26N4O4. The number of amides is 2. The minimum absolute atomic E-state index is 0.116. The lowest BCUT2D eigenvalue weighted by Crippen LogP contribution is -2.36. The van der Waals surface area contributed by atoms with Crippen molar-refractivity contribution in [3.05, 3.63) is 48.0 Å². The molecule has 0 unspecified atom stereocenters. The Labute approximate surface area is 170 Å². The maximum absolute atomic E-state index is 12.7. The van der Waals surface area contributed by atoms with Crippen LogP contribution in [0, 0.1) is 0 Å². The number of unbranched alkanes of at least 4 members (excludes halogenated alkanes) is 2. The minimum Gasteiger partial charge on any atom is -0.454 e. The highest BCUT2D eigenvalue weighted by molar-refractivity contribution is 5.92. The predicted molar refractivity (Wildman–Crippen MR) is 106 cm³/mol. The normalized spacial score (nSPS) is 11.9. The summed E-state index contributed by atoms with van der Waals surface area (Å²) in [5, 5.41) is 2.89. The maximum atomic E-state index is 12.7. The van der Waals surface area contributed by atoms with E-state index in [-0.39, 0.29) is 25.0 Å². The number of fused-ring (bicyclic) bond motifs is 1. The summed E-state index contributed by atoms with van der Waals surface area (Å²) in [6.07, 6.45) is 7.68. The van der Waals surface area contributed by atoms with Crippen LogP contribution in [-0.4, -0.2) is 46.6 Å². The summed E-state index contributed by atoms with van der Waals surface area (Å²) >= 11 is 0. The lowest BCUT2D eigenvalue weighted by atomic mass is 10.2. The van der Waals surface area contributed by atoms with E-state index in [0.29, 0.717) is 36.8 Å². The van der Waals surface area contributed by atoms with Gasteiger partial charge >= 0.3 is 0 Å². The van der Waals surface area contributed by atoms with E-state index < -0.39 is 0 Å². The van der Waals surface area contributed by atoms with E-state index in [1.54, 1.807) is 4.90 Å². The fourth-order valence-electron chi connectivity index (χ4n) is 3.02. The van der Waals surface area contributed by atoms with Crippen LogP contribution in [0.25, 0.3) is 0 Å². The van der Waals surface area contributed by atoms with E-state index >= 15 is 0 Å². The van der Waals surface area contributed by atoms with Crippen molar-refractivity contribution in [2.45, 2.75) is 39.2 Å². The van der Waals surface area contributed by atoms with Gasteiger partial charge in [0.25, 0.3) is 5.91 Å². The SMILES string of the molecule is CCCCCN(CCC(=O)NCc1ccc2c(c1)OCO2)C(=O)c1cnccn1. The molecular weight excluding hydrogens is 372 g/mol. The van der Waals surface area contributed by atoms with Gasteiger partial charge in [-0.2, -0.15) is 0 Å². The molecule has 2 amide bonds. The summed E-state index contributed by atoms with van der Waals surface area (Å²) in [5.41, 5.74) is 1.22. The summed E-state index contributed by atoms with van der Waals surface area (Å²) in [4.78, 5) is 34.7. The van der Waals surface area contributed by atoms with Gasteiger partial charge in [0.15, 0.2) is 11.5 Å². The van der Waals surface area contributed by atoms with Gasteiger partial charge in [-0.1, -0.05) is 25.8 Å². The molecule has 0 aliphatic carbocycles. The number of carbonyl (C=O) groups is 2. The summed E-state index contributed by atoms with van der Waals surface area (Å²) in [7, 11) is 0. The number of aromatic nitrogens is 2. The van der Waals surface area contributed by atoms with Gasteiger partial charge in [0.1, 0.15) is 5.69 Å². The van der Waals surface area contributed by atoms with Crippen molar-refractivity contribution in [3.63, 3.8) is 0 Å². The second kappa shape index (κ2) is 10.4. The van der Waals surface area contributed by atoms with Crippen LogP contribution in [0.1, 0.15) is 48.7 Å². The molecule has 0 radical (unpaired) electrons. The Morgan fingerprint density at radius 1 is 1.14 bits per heavy atom. The van der Waals surface area contributed by atoms with Crippen molar-refractivity contribution >= 4 is 11.8 Å². The molecule has 0 saturated carbocycles. The highest BCUT2D eigenvalue weighted by Crippen LogP contribution is 2.32. The average molecular weight is 398 g/mol. The summed E-state index contributed by atoms with van der Waals surface area (Å²) in [6, 6.07) is 5.58. The first kappa shape index (κ1) is 20.6. The lowest BCUT2D eigenvalue weighted by molar-refractivity contribution is -0.121. The third-order valence-electron chi connectivity index (χ3n) is 4.64. The molecule has 1 aromatic carbocycles. The fraction of sp³-hybridized carbons (Fsp3) is 0.429. The molecule has 0 saturated heterocycles. The van der Waals surface area contributed by atoms with Gasteiger partial charge in [-0.05, 0) is 24.1 Å². The standard InChI is InChI=1S/C21H26N4O4/c1-2-3-4-10-25(21(27)17-14-22-8-9-23-17)11-7-20(26)24-13-16-5-6-18-19(12-16)29-15-28-18/h5-6,8-9,12,14H,2-4,7,10-11,13,15H2,1H3,(H,24,26). The summed E-state index contributed by atoms with van der Waals surface area (Å²) in [5.74, 6) is 1.09. The van der Waals surface area contributed by atoms with Crippen molar-refractivity contribution in [1.82, 2.24) is 20.2 Å². The molecule has 0 bridgehead atoms. The van der Waals surface area contributed by atoms with Gasteiger partial charge in [-0.15, -0.1) is 0 Å². The van der Waals surface area contributed by atoms with Crippen LogP contribution < -0.4 is 14.8 Å². The monoisotopic (exact) mass is 398 g/mol. The van der Waals surface area contributed by atoms with E-state index in [4.69, 9.17) is 9.47 Å². The molecule has 1 aliphatic heterocycles. The van der Waals surface area contributed by atoms with Gasteiger partial charge in [-0.25, -0.2) is 4.98 Å². The van der Waals surface area contributed by atoms with Crippen molar-refractivity contribution in [3.8, 4) is 11.5 Å². The first-order valence-electron chi connectivity index (χ1n) is 9.88. The van der Waals surface area contributed by atoms with Gasteiger partial charge in [0.05, 0.1) is 6.20 Å². The van der Waals surface area contributed by atoms with Gasteiger partial charge in [0.2, 0.25) is 12.7 Å². The first-order chi connectivity index (χ1) is 14.2. The lowest BCUT2D eigenvalue weighted by Gasteiger charge is -2.22. The second-order valence-corrected chi connectivity index (χ2v) is 6.80. The number of carbonyl (C=O) groups excluding carboxylic acids is 2. The quantitative estimate of drug-likeness (QED) is 0.618. The number of rotatable bonds is 10. The van der Waals surface area contributed by atoms with Crippen LogP contribution in [0.3, 0.4) is 0 Å². The molecule has 1 aromatic heterocycles. The van der Waals surface area contributed by atoms with E-state index in [2.05, 4.69) is 22.2 Å². The largest absolute Gasteiger partial charge is 0.454 e. The molecule has 1 N–H and O–H groups in total. The molecule has 2 heterocycles. The zero-order chi connectivity index (χ0) is 20.5.